The van der Waals surface area contributed by atoms with Crippen molar-refractivity contribution in [3.63, 3.8) is 0 Å². The molecule has 0 bridgehead atoms. The van der Waals surface area contributed by atoms with Gasteiger partial charge in [0.05, 0.1) is 17.0 Å². The number of anilines is 1. The predicted octanol–water partition coefficient (Wildman–Crippen LogP) is 3.31. The second-order valence-electron chi connectivity index (χ2n) is 4.33. The highest BCUT2D eigenvalue weighted by Crippen LogP contribution is 2.27. The lowest BCUT2D eigenvalue weighted by molar-refractivity contribution is -0.115. The summed E-state index contributed by atoms with van der Waals surface area (Å²) in [4.78, 5) is 23.7. The monoisotopic (exact) mass is 338 g/mol. The Morgan fingerprint density at radius 2 is 1.95 bits per heavy atom. The Kier molecular flexibility index (Phi) is 5.41. The molecule has 0 aliphatic carbocycles. The van der Waals surface area contributed by atoms with E-state index in [1.165, 1.54) is 23.9 Å². The third-order valence-corrected chi connectivity index (χ3v) is 4.01. The maximum Gasteiger partial charge on any atom is 0.258 e. The van der Waals surface area contributed by atoms with Crippen LogP contribution in [0.2, 0.25) is 5.02 Å². The molecule has 0 atom stereocenters. The smallest absolute Gasteiger partial charge is 0.258 e. The van der Waals surface area contributed by atoms with Gasteiger partial charge < -0.3 is 11.1 Å². The van der Waals surface area contributed by atoms with E-state index in [0.717, 1.165) is 6.07 Å². The third-order valence-electron chi connectivity index (χ3n) is 2.68. The highest BCUT2D eigenvalue weighted by Gasteiger charge is 2.14. The summed E-state index contributed by atoms with van der Waals surface area (Å²) in [6, 6.07) is 10.7. The molecule has 0 spiro atoms. The van der Waals surface area contributed by atoms with E-state index >= 15 is 0 Å². The molecule has 2 aromatic carbocycles. The minimum atomic E-state index is -0.702. The van der Waals surface area contributed by atoms with Gasteiger partial charge in [0, 0.05) is 9.92 Å². The molecule has 0 radical (unpaired) electrons. The Balaban J connectivity index is 2.19. The molecule has 0 heterocycles. The lowest BCUT2D eigenvalue weighted by atomic mass is 10.2. The zero-order valence-electron chi connectivity index (χ0n) is 11.3. The molecule has 0 fully saturated rings. The highest BCUT2D eigenvalue weighted by molar-refractivity contribution is 8.00. The highest BCUT2D eigenvalue weighted by atomic mass is 35.5. The van der Waals surface area contributed by atoms with Crippen molar-refractivity contribution in [1.82, 2.24) is 0 Å². The van der Waals surface area contributed by atoms with Gasteiger partial charge in [0.25, 0.3) is 5.91 Å². The Labute approximate surface area is 135 Å². The van der Waals surface area contributed by atoms with Crippen molar-refractivity contribution in [2.24, 2.45) is 5.73 Å². The van der Waals surface area contributed by atoms with Gasteiger partial charge in [0.2, 0.25) is 5.91 Å². The molecule has 2 aromatic rings. The fourth-order valence-corrected chi connectivity index (χ4v) is 2.61. The van der Waals surface area contributed by atoms with Crippen LogP contribution in [0.15, 0.2) is 47.4 Å². The Morgan fingerprint density at radius 1 is 1.23 bits per heavy atom. The molecule has 4 nitrogen and oxygen atoms in total. The largest absolute Gasteiger partial charge is 0.369 e. The second-order valence-corrected chi connectivity index (χ2v) is 5.78. The van der Waals surface area contributed by atoms with Gasteiger partial charge in [-0.15, -0.1) is 11.8 Å². The molecule has 0 aromatic heterocycles. The molecule has 0 saturated carbocycles. The fraction of sp³-hybridized carbons (Fsp3) is 0.0667. The third kappa shape index (κ3) is 4.22. The van der Waals surface area contributed by atoms with Gasteiger partial charge in [-0.25, -0.2) is 4.39 Å². The standard InChI is InChI=1S/C15H12ClFN2O2S/c16-9-5-6-10(11(17)7-9)15(21)19-12-3-1-2-4-13(12)22-8-14(18)20/h1-7H,8H2,(H2,18,20)(H,19,21). The van der Waals surface area contributed by atoms with Crippen LogP contribution in [0.4, 0.5) is 10.1 Å². The molecule has 3 N–H and O–H groups in total. The molecule has 22 heavy (non-hydrogen) atoms. The van der Waals surface area contributed by atoms with E-state index in [-0.39, 0.29) is 16.3 Å². The quantitative estimate of drug-likeness (QED) is 0.821. The number of benzene rings is 2. The molecular weight excluding hydrogens is 327 g/mol. The van der Waals surface area contributed by atoms with Crippen molar-refractivity contribution in [1.29, 1.82) is 0 Å². The van der Waals surface area contributed by atoms with Crippen LogP contribution in [0.5, 0.6) is 0 Å². The van der Waals surface area contributed by atoms with Crippen LogP contribution in [0.1, 0.15) is 10.4 Å². The second kappa shape index (κ2) is 7.29. The molecule has 0 aliphatic heterocycles. The van der Waals surface area contributed by atoms with Gasteiger partial charge in [-0.05, 0) is 30.3 Å². The molecule has 7 heteroatoms. The molecule has 114 valence electrons. The molecule has 0 unspecified atom stereocenters. The topological polar surface area (TPSA) is 72.2 Å². The average molecular weight is 339 g/mol. The minimum Gasteiger partial charge on any atom is -0.369 e. The Hall–Kier alpha value is -2.05. The first-order chi connectivity index (χ1) is 10.5. The van der Waals surface area contributed by atoms with Gasteiger partial charge in [-0.3, -0.25) is 9.59 Å². The number of thioether (sulfide) groups is 1. The van der Waals surface area contributed by atoms with E-state index in [9.17, 15) is 14.0 Å². The predicted molar refractivity (Wildman–Crippen MR) is 85.7 cm³/mol. The summed E-state index contributed by atoms with van der Waals surface area (Å²) in [5.74, 6) is -1.68. The first-order valence-electron chi connectivity index (χ1n) is 6.24. The first-order valence-corrected chi connectivity index (χ1v) is 7.60. The van der Waals surface area contributed by atoms with Crippen LogP contribution in [0.25, 0.3) is 0 Å². The summed E-state index contributed by atoms with van der Waals surface area (Å²) >= 11 is 6.85. The summed E-state index contributed by atoms with van der Waals surface area (Å²) in [6.07, 6.45) is 0. The maximum absolute atomic E-state index is 13.7. The SMILES string of the molecule is NC(=O)CSc1ccccc1NC(=O)c1ccc(Cl)cc1F. The van der Waals surface area contributed by atoms with Crippen LogP contribution in [-0.4, -0.2) is 17.6 Å². The van der Waals surface area contributed by atoms with Crippen LogP contribution < -0.4 is 11.1 Å². The fourth-order valence-electron chi connectivity index (χ4n) is 1.71. The number of hydrogen-bond donors (Lipinski definition) is 2. The molecular formula is C15H12ClFN2O2S. The van der Waals surface area contributed by atoms with Crippen LogP contribution in [0, 0.1) is 5.82 Å². The average Bonchev–Trinajstić information content (AvgIpc) is 2.46. The first kappa shape index (κ1) is 16.3. The number of amides is 2. The Morgan fingerprint density at radius 3 is 2.64 bits per heavy atom. The number of halogens is 2. The lowest BCUT2D eigenvalue weighted by Crippen LogP contribution is -2.15. The van der Waals surface area contributed by atoms with Gasteiger partial charge >= 0.3 is 0 Å². The number of nitrogens with one attached hydrogen (secondary N) is 1. The van der Waals surface area contributed by atoms with Crippen LogP contribution in [0.3, 0.4) is 0 Å². The van der Waals surface area contributed by atoms with Crippen LogP contribution >= 0.6 is 23.4 Å². The normalized spacial score (nSPS) is 10.3. The van der Waals surface area contributed by atoms with E-state index in [0.29, 0.717) is 10.6 Å². The number of primary amides is 1. The minimum absolute atomic E-state index is 0.0855. The maximum atomic E-state index is 13.7. The van der Waals surface area contributed by atoms with Crippen LogP contribution in [-0.2, 0) is 4.79 Å². The summed E-state index contributed by atoms with van der Waals surface area (Å²) in [5.41, 5.74) is 5.48. The van der Waals surface area contributed by atoms with E-state index in [2.05, 4.69) is 5.32 Å². The summed E-state index contributed by atoms with van der Waals surface area (Å²) in [7, 11) is 0. The van der Waals surface area contributed by atoms with Crippen molar-refractivity contribution < 1.29 is 14.0 Å². The van der Waals surface area contributed by atoms with Gasteiger partial charge in [0.15, 0.2) is 0 Å². The van der Waals surface area contributed by atoms with E-state index in [1.807, 2.05) is 0 Å². The van der Waals surface area contributed by atoms with E-state index in [4.69, 9.17) is 17.3 Å². The van der Waals surface area contributed by atoms with Crippen molar-refractivity contribution in [3.8, 4) is 0 Å². The number of para-hydroxylation sites is 1. The number of hydrogen-bond acceptors (Lipinski definition) is 3. The van der Waals surface area contributed by atoms with Crippen molar-refractivity contribution in [3.05, 3.63) is 58.9 Å². The van der Waals surface area contributed by atoms with Crippen molar-refractivity contribution in [2.45, 2.75) is 4.90 Å². The molecule has 0 aliphatic rings. The zero-order chi connectivity index (χ0) is 16.1. The summed E-state index contributed by atoms with van der Waals surface area (Å²) < 4.78 is 13.7. The van der Waals surface area contributed by atoms with Gasteiger partial charge in [0.1, 0.15) is 5.82 Å². The van der Waals surface area contributed by atoms with Crippen molar-refractivity contribution >= 4 is 40.9 Å². The summed E-state index contributed by atoms with van der Waals surface area (Å²) in [6.45, 7) is 0. The molecule has 2 rings (SSSR count). The van der Waals surface area contributed by atoms with E-state index < -0.39 is 17.6 Å². The zero-order valence-corrected chi connectivity index (χ0v) is 12.9. The number of carbonyl (C=O) groups is 2. The number of nitrogens with two attached hydrogens (primary N) is 1. The number of carbonyl (C=O) groups excluding carboxylic acids is 2. The van der Waals surface area contributed by atoms with Gasteiger partial charge in [-0.1, -0.05) is 23.7 Å². The summed E-state index contributed by atoms with van der Waals surface area (Å²) in [5, 5.41) is 2.83. The van der Waals surface area contributed by atoms with Crippen molar-refractivity contribution in [2.75, 3.05) is 11.1 Å². The lowest BCUT2D eigenvalue weighted by Gasteiger charge is -2.10. The number of rotatable bonds is 5. The molecule has 2 amide bonds. The van der Waals surface area contributed by atoms with Gasteiger partial charge in [-0.2, -0.15) is 0 Å². The molecule has 0 saturated heterocycles. The Bertz CT molecular complexity index is 724. The van der Waals surface area contributed by atoms with E-state index in [1.54, 1.807) is 24.3 Å².